The molecule has 0 amide bonds. The maximum Gasteiger partial charge on any atom is 0.122 e. The highest BCUT2D eigenvalue weighted by Gasteiger charge is 2.32. The van der Waals surface area contributed by atoms with Gasteiger partial charge in [-0.05, 0) is 72.3 Å². The number of nitrogens with zero attached hydrogens (tertiary/aromatic N) is 1. The van der Waals surface area contributed by atoms with Crippen LogP contribution in [0.15, 0.2) is 30.3 Å². The van der Waals surface area contributed by atoms with Gasteiger partial charge in [0.1, 0.15) is 5.75 Å². The molecule has 0 fully saturated rings. The smallest absolute Gasteiger partial charge is 0.122 e. The van der Waals surface area contributed by atoms with E-state index >= 15 is 0 Å². The second-order valence-corrected chi connectivity index (χ2v) is 6.31. The van der Waals surface area contributed by atoms with Crippen molar-refractivity contribution in [3.05, 3.63) is 52.6 Å². The summed E-state index contributed by atoms with van der Waals surface area (Å²) < 4.78 is 5.52. The molecule has 1 heterocycles. The van der Waals surface area contributed by atoms with Gasteiger partial charge in [0.25, 0.3) is 0 Å². The summed E-state index contributed by atoms with van der Waals surface area (Å²) in [5.41, 5.74) is 8.56. The summed E-state index contributed by atoms with van der Waals surface area (Å²) in [6, 6.07) is 11.9. The molecule has 1 unspecified atom stereocenters. The maximum absolute atomic E-state index is 5.52. The molecule has 0 bridgehead atoms. The average molecular weight is 279 g/mol. The Balaban J connectivity index is 1.98. The molecule has 0 spiro atoms. The molecule has 0 saturated heterocycles. The molecule has 1 aliphatic heterocycles. The van der Waals surface area contributed by atoms with Crippen LogP contribution in [-0.4, -0.2) is 25.6 Å². The first-order chi connectivity index (χ1) is 10.2. The van der Waals surface area contributed by atoms with Gasteiger partial charge in [-0.25, -0.2) is 0 Å². The summed E-state index contributed by atoms with van der Waals surface area (Å²) in [6.45, 7) is 3.28. The molecule has 1 atom stereocenters. The summed E-state index contributed by atoms with van der Waals surface area (Å²) in [5, 5.41) is 0. The van der Waals surface area contributed by atoms with Crippen molar-refractivity contribution in [1.29, 1.82) is 0 Å². The SMILES string of the molecule is COc1cc2c(cc1C)-c1cccc3c1C(C2)N(C)CC3. The Morgan fingerprint density at radius 3 is 2.81 bits per heavy atom. The molecule has 2 aromatic carbocycles. The number of fused-ring (bicyclic) bond motifs is 2. The highest BCUT2D eigenvalue weighted by molar-refractivity contribution is 5.77. The average Bonchev–Trinajstić information content (AvgIpc) is 2.50. The van der Waals surface area contributed by atoms with Gasteiger partial charge < -0.3 is 4.74 Å². The number of methoxy groups -OCH3 is 1. The van der Waals surface area contributed by atoms with Gasteiger partial charge in [0, 0.05) is 12.6 Å². The van der Waals surface area contributed by atoms with E-state index in [2.05, 4.69) is 49.2 Å². The highest BCUT2D eigenvalue weighted by atomic mass is 16.5. The van der Waals surface area contributed by atoms with Crippen molar-refractivity contribution in [1.82, 2.24) is 4.90 Å². The van der Waals surface area contributed by atoms with Gasteiger partial charge in [0.2, 0.25) is 0 Å². The van der Waals surface area contributed by atoms with Crippen LogP contribution >= 0.6 is 0 Å². The van der Waals surface area contributed by atoms with Gasteiger partial charge in [-0.15, -0.1) is 0 Å². The van der Waals surface area contributed by atoms with Crippen LogP contribution < -0.4 is 4.74 Å². The van der Waals surface area contributed by atoms with Crippen LogP contribution in [0.1, 0.15) is 28.3 Å². The fraction of sp³-hybridized carbons (Fsp3) is 0.368. The molecular formula is C19H21NO. The zero-order valence-corrected chi connectivity index (χ0v) is 12.9. The fourth-order valence-electron chi connectivity index (χ4n) is 3.97. The second kappa shape index (κ2) is 4.60. The zero-order valence-electron chi connectivity index (χ0n) is 12.9. The molecule has 4 rings (SSSR count). The molecular weight excluding hydrogens is 258 g/mol. The Labute approximate surface area is 126 Å². The summed E-state index contributed by atoms with van der Waals surface area (Å²) in [6.07, 6.45) is 2.26. The molecule has 2 heteroatoms. The lowest BCUT2D eigenvalue weighted by Gasteiger charge is -2.40. The zero-order chi connectivity index (χ0) is 14.6. The maximum atomic E-state index is 5.52. The molecule has 0 saturated carbocycles. The van der Waals surface area contributed by atoms with Gasteiger partial charge in [-0.2, -0.15) is 0 Å². The van der Waals surface area contributed by atoms with Crippen LogP contribution in [0.3, 0.4) is 0 Å². The Hall–Kier alpha value is -1.80. The predicted molar refractivity (Wildman–Crippen MR) is 85.9 cm³/mol. The van der Waals surface area contributed by atoms with Gasteiger partial charge in [0.15, 0.2) is 0 Å². The van der Waals surface area contributed by atoms with Crippen molar-refractivity contribution >= 4 is 0 Å². The minimum atomic E-state index is 0.518. The van der Waals surface area contributed by atoms with Crippen LogP contribution in [-0.2, 0) is 12.8 Å². The molecule has 21 heavy (non-hydrogen) atoms. The van der Waals surface area contributed by atoms with Gasteiger partial charge in [0.05, 0.1) is 7.11 Å². The van der Waals surface area contributed by atoms with Crippen molar-refractivity contribution in [2.24, 2.45) is 0 Å². The first-order valence-electron chi connectivity index (χ1n) is 7.69. The van der Waals surface area contributed by atoms with Crippen molar-refractivity contribution < 1.29 is 4.74 Å². The predicted octanol–water partition coefficient (Wildman–Crippen LogP) is 3.76. The van der Waals surface area contributed by atoms with Crippen molar-refractivity contribution in [3.8, 4) is 16.9 Å². The molecule has 0 radical (unpaired) electrons. The van der Waals surface area contributed by atoms with Crippen molar-refractivity contribution in [3.63, 3.8) is 0 Å². The van der Waals surface area contributed by atoms with E-state index in [9.17, 15) is 0 Å². The summed E-state index contributed by atoms with van der Waals surface area (Å²) in [7, 11) is 4.01. The second-order valence-electron chi connectivity index (χ2n) is 6.31. The Morgan fingerprint density at radius 2 is 2.00 bits per heavy atom. The number of hydrogen-bond acceptors (Lipinski definition) is 2. The quantitative estimate of drug-likeness (QED) is 0.788. The molecule has 2 nitrogen and oxygen atoms in total. The third-order valence-corrected chi connectivity index (χ3v) is 5.12. The van der Waals surface area contributed by atoms with Crippen molar-refractivity contribution in [2.45, 2.75) is 25.8 Å². The van der Waals surface area contributed by atoms with E-state index in [0.717, 1.165) is 18.7 Å². The standard InChI is InChI=1S/C19H21NO/c1-12-9-16-14(11-18(12)21-3)10-17-19-13(7-8-20(17)2)5-4-6-15(16)19/h4-6,9,11,17H,7-8,10H2,1-3H3. The van der Waals surface area contributed by atoms with Gasteiger partial charge in [-0.1, -0.05) is 18.2 Å². The molecule has 2 aromatic rings. The number of likely N-dealkylation sites (N-methyl/N-ethyl adjacent to an activating group) is 1. The lowest BCUT2D eigenvalue weighted by molar-refractivity contribution is 0.228. The first kappa shape index (κ1) is 12.9. The van der Waals surface area contributed by atoms with E-state index in [1.165, 1.54) is 34.2 Å². The Morgan fingerprint density at radius 1 is 1.14 bits per heavy atom. The van der Waals surface area contributed by atoms with E-state index in [0.29, 0.717) is 6.04 Å². The minimum Gasteiger partial charge on any atom is -0.496 e. The number of rotatable bonds is 1. The lowest BCUT2D eigenvalue weighted by atomic mass is 9.77. The molecule has 0 N–H and O–H groups in total. The Bertz CT molecular complexity index is 720. The molecule has 1 aliphatic carbocycles. The largest absolute Gasteiger partial charge is 0.496 e. The minimum absolute atomic E-state index is 0.518. The van der Waals surface area contributed by atoms with Gasteiger partial charge >= 0.3 is 0 Å². The van der Waals surface area contributed by atoms with Crippen LogP contribution in [0.5, 0.6) is 5.75 Å². The number of aryl methyl sites for hydroxylation is 1. The monoisotopic (exact) mass is 279 g/mol. The van der Waals surface area contributed by atoms with Gasteiger partial charge in [-0.3, -0.25) is 4.90 Å². The third kappa shape index (κ3) is 1.82. The first-order valence-corrected chi connectivity index (χ1v) is 7.69. The van der Waals surface area contributed by atoms with E-state index in [1.54, 1.807) is 12.7 Å². The van der Waals surface area contributed by atoms with Crippen LogP contribution in [0.2, 0.25) is 0 Å². The third-order valence-electron chi connectivity index (χ3n) is 5.12. The number of hydrogen-bond donors (Lipinski definition) is 0. The van der Waals surface area contributed by atoms with Crippen molar-refractivity contribution in [2.75, 3.05) is 20.7 Å². The number of benzene rings is 2. The normalized spacial score (nSPS) is 19.9. The van der Waals surface area contributed by atoms with E-state index in [4.69, 9.17) is 4.74 Å². The molecule has 2 aliphatic rings. The molecule has 108 valence electrons. The van der Waals surface area contributed by atoms with E-state index < -0.39 is 0 Å². The van der Waals surface area contributed by atoms with E-state index in [1.807, 2.05) is 0 Å². The lowest BCUT2D eigenvalue weighted by Crippen LogP contribution is -2.35. The van der Waals surface area contributed by atoms with Crippen LogP contribution in [0.25, 0.3) is 11.1 Å². The van der Waals surface area contributed by atoms with E-state index in [-0.39, 0.29) is 0 Å². The van der Waals surface area contributed by atoms with Crippen LogP contribution in [0.4, 0.5) is 0 Å². The fourth-order valence-corrected chi connectivity index (χ4v) is 3.97. The summed E-state index contributed by atoms with van der Waals surface area (Å²) >= 11 is 0. The van der Waals surface area contributed by atoms with Crippen LogP contribution in [0, 0.1) is 6.92 Å². The Kier molecular flexibility index (Phi) is 2.83. The topological polar surface area (TPSA) is 12.5 Å². The highest BCUT2D eigenvalue weighted by Crippen LogP contribution is 2.45. The summed E-state index contributed by atoms with van der Waals surface area (Å²) in [4.78, 5) is 2.50. The summed E-state index contributed by atoms with van der Waals surface area (Å²) in [5.74, 6) is 1.01. The molecule has 0 aromatic heterocycles. The number of ether oxygens (including phenoxy) is 1.